The van der Waals surface area contributed by atoms with Crippen molar-refractivity contribution >= 4 is 6.09 Å². The van der Waals surface area contributed by atoms with Gasteiger partial charge in [-0.1, -0.05) is 6.07 Å². The molecule has 0 heterocycles. The van der Waals surface area contributed by atoms with Crippen LogP contribution in [0.25, 0.3) is 0 Å². The average Bonchev–Trinajstić information content (AvgIpc) is 2.34. The minimum Gasteiger partial charge on any atom is -0.508 e. The van der Waals surface area contributed by atoms with E-state index in [0.29, 0.717) is 18.7 Å². The largest absolute Gasteiger partial charge is 0.508 e. The summed E-state index contributed by atoms with van der Waals surface area (Å²) in [5, 5.41) is 24.5. The van der Waals surface area contributed by atoms with Gasteiger partial charge < -0.3 is 25.6 Å². The third kappa shape index (κ3) is 4.14. The van der Waals surface area contributed by atoms with Crippen LogP contribution < -0.4 is 10.6 Å². The first kappa shape index (κ1) is 14.1. The maximum absolute atomic E-state index is 10.8. The molecule has 0 saturated heterocycles. The van der Waals surface area contributed by atoms with E-state index in [0.717, 1.165) is 0 Å². The number of hydrogen-bond donors (Lipinski definition) is 4. The van der Waals surface area contributed by atoms with E-state index in [1.165, 1.54) is 19.2 Å². The summed E-state index contributed by atoms with van der Waals surface area (Å²) in [5.41, 5.74) is 0.686. The lowest BCUT2D eigenvalue weighted by Gasteiger charge is -2.15. The molecule has 4 N–H and O–H groups in total. The third-order valence-corrected chi connectivity index (χ3v) is 2.51. The third-order valence-electron chi connectivity index (χ3n) is 2.51. The normalized spacial score (nSPS) is 11.9. The zero-order valence-corrected chi connectivity index (χ0v) is 10.4. The van der Waals surface area contributed by atoms with Gasteiger partial charge in [0.1, 0.15) is 11.5 Å². The standard InChI is InChI=1S/C12H18N2O4/c1-8(13-5-6-14-12(17)18-2)10-4-3-9(15)7-11(10)16/h3-4,7-8,13,15-16H,5-6H2,1-2H3,(H,14,17). The number of ether oxygens (including phenoxy) is 1. The van der Waals surface area contributed by atoms with Gasteiger partial charge in [-0.15, -0.1) is 0 Å². The number of alkyl carbamates (subject to hydrolysis) is 1. The van der Waals surface area contributed by atoms with Gasteiger partial charge in [0.05, 0.1) is 7.11 Å². The van der Waals surface area contributed by atoms with Crippen LogP contribution in [-0.2, 0) is 4.74 Å². The number of phenolic OH excluding ortho intramolecular Hbond substituents is 2. The van der Waals surface area contributed by atoms with E-state index in [4.69, 9.17) is 0 Å². The molecule has 0 fully saturated rings. The van der Waals surface area contributed by atoms with Crippen molar-refractivity contribution in [2.45, 2.75) is 13.0 Å². The minimum atomic E-state index is -0.475. The van der Waals surface area contributed by atoms with E-state index in [2.05, 4.69) is 15.4 Å². The predicted octanol–water partition coefficient (Wildman–Crippen LogP) is 1.10. The molecular weight excluding hydrogens is 236 g/mol. The van der Waals surface area contributed by atoms with Gasteiger partial charge >= 0.3 is 6.09 Å². The lowest BCUT2D eigenvalue weighted by Crippen LogP contribution is -2.32. The molecule has 0 bridgehead atoms. The summed E-state index contributed by atoms with van der Waals surface area (Å²) in [4.78, 5) is 10.8. The Morgan fingerprint density at radius 3 is 2.72 bits per heavy atom. The Morgan fingerprint density at radius 2 is 2.11 bits per heavy atom. The summed E-state index contributed by atoms with van der Waals surface area (Å²) in [7, 11) is 1.31. The summed E-state index contributed by atoms with van der Waals surface area (Å²) >= 11 is 0. The molecule has 6 heteroatoms. The Labute approximate surface area is 106 Å². The van der Waals surface area contributed by atoms with Crippen LogP contribution in [0.4, 0.5) is 4.79 Å². The first-order valence-electron chi connectivity index (χ1n) is 5.61. The number of amides is 1. The van der Waals surface area contributed by atoms with Gasteiger partial charge in [-0.25, -0.2) is 4.79 Å². The van der Waals surface area contributed by atoms with E-state index in [-0.39, 0.29) is 17.5 Å². The molecule has 0 aromatic heterocycles. The quantitative estimate of drug-likeness (QED) is 0.591. The summed E-state index contributed by atoms with van der Waals surface area (Å²) < 4.78 is 4.43. The molecule has 100 valence electrons. The van der Waals surface area contributed by atoms with Crippen molar-refractivity contribution < 1.29 is 19.7 Å². The van der Waals surface area contributed by atoms with Crippen LogP contribution >= 0.6 is 0 Å². The number of benzene rings is 1. The van der Waals surface area contributed by atoms with Crippen molar-refractivity contribution in [1.29, 1.82) is 0 Å². The number of phenols is 2. The van der Waals surface area contributed by atoms with Crippen molar-refractivity contribution in [3.63, 3.8) is 0 Å². The van der Waals surface area contributed by atoms with Gasteiger partial charge in [0.2, 0.25) is 0 Å². The van der Waals surface area contributed by atoms with Gasteiger partial charge in [0, 0.05) is 30.8 Å². The second-order valence-electron chi connectivity index (χ2n) is 3.84. The zero-order chi connectivity index (χ0) is 13.5. The number of hydrogen-bond acceptors (Lipinski definition) is 5. The molecule has 0 aliphatic carbocycles. The van der Waals surface area contributed by atoms with Gasteiger partial charge in [0.25, 0.3) is 0 Å². The minimum absolute atomic E-state index is 0.0239. The molecule has 1 atom stereocenters. The molecule has 0 saturated carbocycles. The second kappa shape index (κ2) is 6.70. The highest BCUT2D eigenvalue weighted by Crippen LogP contribution is 2.27. The average molecular weight is 254 g/mol. The number of methoxy groups -OCH3 is 1. The van der Waals surface area contributed by atoms with Crippen molar-refractivity contribution in [1.82, 2.24) is 10.6 Å². The van der Waals surface area contributed by atoms with Crippen LogP contribution in [0.5, 0.6) is 11.5 Å². The molecule has 1 aromatic rings. The number of carbonyl (C=O) groups excluding carboxylic acids is 1. The monoisotopic (exact) mass is 254 g/mol. The molecule has 18 heavy (non-hydrogen) atoms. The van der Waals surface area contributed by atoms with E-state index < -0.39 is 6.09 Å². The maximum Gasteiger partial charge on any atom is 0.406 e. The Kier molecular flexibility index (Phi) is 5.26. The first-order valence-corrected chi connectivity index (χ1v) is 5.61. The molecule has 1 amide bonds. The Balaban J connectivity index is 2.40. The van der Waals surface area contributed by atoms with Gasteiger partial charge in [-0.3, -0.25) is 0 Å². The number of nitrogens with one attached hydrogen (secondary N) is 2. The molecule has 0 spiro atoms. The van der Waals surface area contributed by atoms with E-state index in [1.54, 1.807) is 6.07 Å². The van der Waals surface area contributed by atoms with Crippen LogP contribution in [0.2, 0.25) is 0 Å². The summed E-state index contributed by atoms with van der Waals surface area (Å²) in [6, 6.07) is 4.36. The van der Waals surface area contributed by atoms with Gasteiger partial charge in [0.15, 0.2) is 0 Å². The number of aromatic hydroxyl groups is 2. The number of rotatable bonds is 5. The molecule has 1 unspecified atom stereocenters. The Hall–Kier alpha value is -1.95. The topological polar surface area (TPSA) is 90.8 Å². The van der Waals surface area contributed by atoms with Crippen LogP contribution in [0.1, 0.15) is 18.5 Å². The van der Waals surface area contributed by atoms with Crippen LogP contribution in [0.3, 0.4) is 0 Å². The van der Waals surface area contributed by atoms with E-state index in [1.807, 2.05) is 6.92 Å². The molecule has 0 aliphatic rings. The van der Waals surface area contributed by atoms with Crippen molar-refractivity contribution in [2.75, 3.05) is 20.2 Å². The molecule has 0 radical (unpaired) electrons. The smallest absolute Gasteiger partial charge is 0.406 e. The highest BCUT2D eigenvalue weighted by Gasteiger charge is 2.10. The molecule has 1 aromatic carbocycles. The highest BCUT2D eigenvalue weighted by molar-refractivity contribution is 5.66. The van der Waals surface area contributed by atoms with Gasteiger partial charge in [-0.2, -0.15) is 0 Å². The SMILES string of the molecule is COC(=O)NCCNC(C)c1ccc(O)cc1O. The van der Waals surface area contributed by atoms with Crippen LogP contribution in [0, 0.1) is 0 Å². The van der Waals surface area contributed by atoms with E-state index in [9.17, 15) is 15.0 Å². The second-order valence-corrected chi connectivity index (χ2v) is 3.84. The number of carbonyl (C=O) groups is 1. The van der Waals surface area contributed by atoms with Crippen molar-refractivity contribution in [2.24, 2.45) is 0 Å². The maximum atomic E-state index is 10.8. The fourth-order valence-electron chi connectivity index (χ4n) is 1.53. The van der Waals surface area contributed by atoms with E-state index >= 15 is 0 Å². The Bertz CT molecular complexity index is 409. The lowest BCUT2D eigenvalue weighted by atomic mass is 10.1. The molecule has 0 aliphatic heterocycles. The van der Waals surface area contributed by atoms with Gasteiger partial charge in [-0.05, 0) is 13.0 Å². The molecular formula is C12H18N2O4. The van der Waals surface area contributed by atoms with Crippen molar-refractivity contribution in [3.05, 3.63) is 23.8 Å². The molecule has 1 rings (SSSR count). The lowest BCUT2D eigenvalue weighted by molar-refractivity contribution is 0.171. The molecule has 6 nitrogen and oxygen atoms in total. The fraction of sp³-hybridized carbons (Fsp3) is 0.417. The fourth-order valence-corrected chi connectivity index (χ4v) is 1.53. The Morgan fingerprint density at radius 1 is 1.39 bits per heavy atom. The van der Waals surface area contributed by atoms with Crippen LogP contribution in [-0.4, -0.2) is 36.5 Å². The zero-order valence-electron chi connectivity index (χ0n) is 10.4. The first-order chi connectivity index (χ1) is 8.54. The van der Waals surface area contributed by atoms with Crippen molar-refractivity contribution in [3.8, 4) is 11.5 Å². The highest BCUT2D eigenvalue weighted by atomic mass is 16.5. The summed E-state index contributed by atoms with van der Waals surface area (Å²) in [6.45, 7) is 2.84. The predicted molar refractivity (Wildman–Crippen MR) is 66.6 cm³/mol. The van der Waals surface area contributed by atoms with Crippen LogP contribution in [0.15, 0.2) is 18.2 Å². The summed E-state index contributed by atoms with van der Waals surface area (Å²) in [5.74, 6) is 0.0618. The summed E-state index contributed by atoms with van der Waals surface area (Å²) in [6.07, 6.45) is -0.475.